The number of carbonyl (C=O) groups excluding carboxylic acids is 1. The van der Waals surface area contributed by atoms with Gasteiger partial charge in [0.2, 0.25) is 5.91 Å². The lowest BCUT2D eigenvalue weighted by molar-refractivity contribution is -0.384. The average molecular weight is 408 g/mol. The molecule has 10 heteroatoms. The van der Waals surface area contributed by atoms with Gasteiger partial charge in [-0.05, 0) is 37.0 Å². The van der Waals surface area contributed by atoms with E-state index in [4.69, 9.17) is 0 Å². The summed E-state index contributed by atoms with van der Waals surface area (Å²) in [5.74, 6) is -0.263. The molecule has 1 aromatic heterocycles. The molecule has 29 heavy (non-hydrogen) atoms. The molecular formula is C19H19F3N4O3. The maximum Gasteiger partial charge on any atom is 0.435 e. The summed E-state index contributed by atoms with van der Waals surface area (Å²) in [5, 5.41) is 17.0. The molecular weight excluding hydrogens is 389 g/mol. The summed E-state index contributed by atoms with van der Waals surface area (Å²) in [5.41, 5.74) is 0.147. The molecule has 1 aromatic carbocycles. The van der Waals surface area contributed by atoms with Gasteiger partial charge in [0, 0.05) is 42.9 Å². The normalized spacial score (nSPS) is 14.3. The van der Waals surface area contributed by atoms with Crippen molar-refractivity contribution < 1.29 is 22.9 Å². The minimum absolute atomic E-state index is 0.0727. The fourth-order valence-electron chi connectivity index (χ4n) is 2.87. The van der Waals surface area contributed by atoms with Gasteiger partial charge in [-0.2, -0.15) is 18.3 Å². The number of non-ortho nitro benzene ring substituents is 1. The van der Waals surface area contributed by atoms with E-state index in [0.29, 0.717) is 17.7 Å². The zero-order valence-corrected chi connectivity index (χ0v) is 15.4. The molecule has 1 fully saturated rings. The molecule has 1 amide bonds. The number of aromatic nitrogens is 2. The Morgan fingerprint density at radius 2 is 2.10 bits per heavy atom. The van der Waals surface area contributed by atoms with Crippen LogP contribution in [0.1, 0.15) is 42.1 Å². The van der Waals surface area contributed by atoms with Gasteiger partial charge in [-0.1, -0.05) is 12.1 Å². The van der Waals surface area contributed by atoms with Crippen LogP contribution in [0.2, 0.25) is 0 Å². The zero-order chi connectivity index (χ0) is 21.0. The van der Waals surface area contributed by atoms with Crippen molar-refractivity contribution in [2.24, 2.45) is 0 Å². The second-order valence-corrected chi connectivity index (χ2v) is 6.78. The summed E-state index contributed by atoms with van der Waals surface area (Å²) in [7, 11) is 0. The van der Waals surface area contributed by atoms with Gasteiger partial charge in [0.05, 0.1) is 4.92 Å². The highest BCUT2D eigenvalue weighted by Gasteiger charge is 2.37. The van der Waals surface area contributed by atoms with Gasteiger partial charge in [0.1, 0.15) is 0 Å². The fourth-order valence-corrected chi connectivity index (χ4v) is 2.87. The average Bonchev–Trinajstić information content (AvgIpc) is 3.42. The number of hydrogen-bond acceptors (Lipinski definition) is 4. The van der Waals surface area contributed by atoms with Crippen LogP contribution in [-0.2, 0) is 17.5 Å². The summed E-state index contributed by atoms with van der Waals surface area (Å²) in [6.07, 6.45) is 0.390. The van der Waals surface area contributed by atoms with Gasteiger partial charge >= 0.3 is 6.18 Å². The van der Waals surface area contributed by atoms with Crippen LogP contribution in [0.3, 0.4) is 0 Å². The van der Waals surface area contributed by atoms with Crippen molar-refractivity contribution in [2.45, 2.75) is 37.9 Å². The first-order valence-electron chi connectivity index (χ1n) is 9.09. The second kappa shape index (κ2) is 8.46. The van der Waals surface area contributed by atoms with Crippen molar-refractivity contribution in [3.8, 4) is 0 Å². The van der Waals surface area contributed by atoms with Crippen LogP contribution in [0.5, 0.6) is 0 Å². The zero-order valence-electron chi connectivity index (χ0n) is 15.4. The van der Waals surface area contributed by atoms with E-state index in [-0.39, 0.29) is 24.7 Å². The number of nitrogens with zero attached hydrogens (tertiary/aromatic N) is 3. The molecule has 0 atom stereocenters. The van der Waals surface area contributed by atoms with Crippen molar-refractivity contribution in [3.05, 3.63) is 63.5 Å². The third kappa shape index (κ3) is 5.66. The molecule has 1 saturated carbocycles. The Kier molecular flexibility index (Phi) is 6.00. The minimum Gasteiger partial charge on any atom is -0.352 e. The highest BCUT2D eigenvalue weighted by atomic mass is 19.4. The highest BCUT2D eigenvalue weighted by molar-refractivity contribution is 5.91. The van der Waals surface area contributed by atoms with Crippen molar-refractivity contribution in [1.29, 1.82) is 0 Å². The van der Waals surface area contributed by atoms with Crippen LogP contribution in [0.25, 0.3) is 6.08 Å². The quantitative estimate of drug-likeness (QED) is 0.310. The third-order valence-corrected chi connectivity index (χ3v) is 4.45. The molecule has 154 valence electrons. The van der Waals surface area contributed by atoms with Gasteiger partial charge in [-0.3, -0.25) is 19.6 Å². The van der Waals surface area contributed by atoms with Crippen LogP contribution in [0.4, 0.5) is 18.9 Å². The number of alkyl halides is 3. The molecule has 3 rings (SSSR count). The largest absolute Gasteiger partial charge is 0.435 e. The number of rotatable bonds is 8. The topological polar surface area (TPSA) is 90.1 Å². The van der Waals surface area contributed by atoms with E-state index < -0.39 is 22.7 Å². The summed E-state index contributed by atoms with van der Waals surface area (Å²) in [4.78, 5) is 22.1. The molecule has 2 aromatic rings. The van der Waals surface area contributed by atoms with E-state index in [0.717, 1.165) is 18.9 Å². The minimum atomic E-state index is -4.47. The van der Waals surface area contributed by atoms with Crippen LogP contribution >= 0.6 is 0 Å². The van der Waals surface area contributed by atoms with E-state index in [2.05, 4.69) is 10.4 Å². The fraction of sp³-hybridized carbons (Fsp3) is 0.368. The molecule has 0 bridgehead atoms. The number of benzene rings is 1. The summed E-state index contributed by atoms with van der Waals surface area (Å²) in [6, 6.07) is 6.96. The second-order valence-electron chi connectivity index (χ2n) is 6.78. The molecule has 0 spiro atoms. The van der Waals surface area contributed by atoms with E-state index in [1.165, 1.54) is 35.0 Å². The van der Waals surface area contributed by atoms with Crippen LogP contribution in [0, 0.1) is 10.1 Å². The molecule has 1 aliphatic rings. The van der Waals surface area contributed by atoms with E-state index >= 15 is 0 Å². The maximum absolute atomic E-state index is 12.9. The Morgan fingerprint density at radius 3 is 2.76 bits per heavy atom. The molecule has 1 N–H and O–H groups in total. The Bertz CT molecular complexity index is 933. The first-order valence-corrected chi connectivity index (χ1v) is 9.09. The van der Waals surface area contributed by atoms with E-state index in [1.54, 1.807) is 6.07 Å². The SMILES string of the molecule is O=C(/C=C/c1cccc([N+](=O)[O-])c1)NCCCn1nc(C(F)(F)F)cc1C1CC1. The lowest BCUT2D eigenvalue weighted by Crippen LogP contribution is -2.23. The number of nitro groups is 1. The standard InChI is InChI=1S/C19H19F3N4O3/c20-19(21,22)17-12-16(14-6-7-14)25(24-17)10-2-9-23-18(27)8-5-13-3-1-4-15(11-13)26(28)29/h1,3-5,8,11-12,14H,2,6-7,9-10H2,(H,23,27)/b8-5+. The number of halogens is 3. The Labute approximate surface area is 164 Å². The van der Waals surface area contributed by atoms with Crippen molar-refractivity contribution in [3.63, 3.8) is 0 Å². The van der Waals surface area contributed by atoms with Crippen LogP contribution in [0.15, 0.2) is 36.4 Å². The predicted octanol–water partition coefficient (Wildman–Crippen LogP) is 3.91. The first-order chi connectivity index (χ1) is 13.7. The van der Waals surface area contributed by atoms with Gasteiger partial charge < -0.3 is 5.32 Å². The molecule has 1 aliphatic carbocycles. The van der Waals surface area contributed by atoms with Gasteiger partial charge in [0.25, 0.3) is 5.69 Å². The van der Waals surface area contributed by atoms with Crippen molar-refractivity contribution >= 4 is 17.7 Å². The smallest absolute Gasteiger partial charge is 0.352 e. The summed E-state index contributed by atoms with van der Waals surface area (Å²) in [6.45, 7) is 0.542. The summed E-state index contributed by atoms with van der Waals surface area (Å²) >= 11 is 0. The Morgan fingerprint density at radius 1 is 1.34 bits per heavy atom. The lowest BCUT2D eigenvalue weighted by Gasteiger charge is -2.07. The van der Waals surface area contributed by atoms with E-state index in [9.17, 15) is 28.1 Å². The van der Waals surface area contributed by atoms with Crippen LogP contribution < -0.4 is 5.32 Å². The number of amides is 1. The number of nitrogens with one attached hydrogen (secondary N) is 1. The molecule has 1 heterocycles. The molecule has 0 saturated heterocycles. The van der Waals surface area contributed by atoms with Gasteiger partial charge in [-0.25, -0.2) is 0 Å². The predicted molar refractivity (Wildman–Crippen MR) is 99.0 cm³/mol. The molecule has 0 unspecified atom stereocenters. The number of nitro benzene ring substituents is 1. The lowest BCUT2D eigenvalue weighted by atomic mass is 10.2. The highest BCUT2D eigenvalue weighted by Crippen LogP contribution is 2.42. The van der Waals surface area contributed by atoms with Gasteiger partial charge in [-0.15, -0.1) is 0 Å². The number of carbonyl (C=O) groups is 1. The van der Waals surface area contributed by atoms with E-state index in [1.807, 2.05) is 0 Å². The number of aryl methyl sites for hydroxylation is 1. The molecule has 0 radical (unpaired) electrons. The van der Waals surface area contributed by atoms with Gasteiger partial charge in [0.15, 0.2) is 5.69 Å². The Balaban J connectivity index is 1.49. The molecule has 0 aliphatic heterocycles. The van der Waals surface area contributed by atoms with Crippen molar-refractivity contribution in [2.75, 3.05) is 6.54 Å². The van der Waals surface area contributed by atoms with Crippen LogP contribution in [-0.4, -0.2) is 27.2 Å². The number of hydrogen-bond donors (Lipinski definition) is 1. The maximum atomic E-state index is 12.9. The molecule has 7 nitrogen and oxygen atoms in total. The monoisotopic (exact) mass is 408 g/mol. The first kappa shape index (κ1) is 20.6. The van der Waals surface area contributed by atoms with Crippen molar-refractivity contribution in [1.82, 2.24) is 15.1 Å². The Hall–Kier alpha value is -3.17. The summed E-state index contributed by atoms with van der Waals surface area (Å²) < 4.78 is 40.0. The third-order valence-electron chi connectivity index (χ3n) is 4.45.